The SMILES string of the molecule is CC(C)NCCCCS(=O)(=O)Nc1ccc(Cl)cc1F. The topological polar surface area (TPSA) is 58.2 Å². The van der Waals surface area contributed by atoms with Crippen LogP contribution in [0.1, 0.15) is 26.7 Å². The standard InChI is InChI=1S/C13H20ClFN2O2S/c1-10(2)16-7-3-4-8-20(18,19)17-13-6-5-11(14)9-12(13)15/h5-6,9-10,16-17H,3-4,7-8H2,1-2H3. The Morgan fingerprint density at radius 2 is 2.00 bits per heavy atom. The number of sulfonamides is 1. The predicted octanol–water partition coefficient (Wildman–Crippen LogP) is 3.00. The van der Waals surface area contributed by atoms with Gasteiger partial charge in [0.25, 0.3) is 0 Å². The molecule has 0 heterocycles. The van der Waals surface area contributed by atoms with Gasteiger partial charge < -0.3 is 5.32 Å². The van der Waals surface area contributed by atoms with Crippen molar-refractivity contribution >= 4 is 27.3 Å². The molecule has 0 unspecified atom stereocenters. The van der Waals surface area contributed by atoms with Crippen LogP contribution in [0.2, 0.25) is 5.02 Å². The van der Waals surface area contributed by atoms with Crippen molar-refractivity contribution in [2.75, 3.05) is 17.0 Å². The number of benzene rings is 1. The minimum Gasteiger partial charge on any atom is -0.315 e. The normalized spacial score (nSPS) is 11.8. The summed E-state index contributed by atoms with van der Waals surface area (Å²) in [6.45, 7) is 4.83. The van der Waals surface area contributed by atoms with Gasteiger partial charge in [-0.25, -0.2) is 12.8 Å². The first-order valence-corrected chi connectivity index (χ1v) is 8.52. The summed E-state index contributed by atoms with van der Waals surface area (Å²) in [5.74, 6) is -0.711. The third-order valence-electron chi connectivity index (χ3n) is 2.59. The van der Waals surface area contributed by atoms with E-state index in [9.17, 15) is 12.8 Å². The fourth-order valence-corrected chi connectivity index (χ4v) is 2.94. The highest BCUT2D eigenvalue weighted by molar-refractivity contribution is 7.92. The fourth-order valence-electron chi connectivity index (χ4n) is 1.60. The molecule has 20 heavy (non-hydrogen) atoms. The zero-order chi connectivity index (χ0) is 15.2. The fraction of sp³-hybridized carbons (Fsp3) is 0.538. The lowest BCUT2D eigenvalue weighted by Crippen LogP contribution is -2.24. The highest BCUT2D eigenvalue weighted by Gasteiger charge is 2.13. The van der Waals surface area contributed by atoms with Crippen molar-refractivity contribution in [3.63, 3.8) is 0 Å². The van der Waals surface area contributed by atoms with Gasteiger partial charge in [-0.15, -0.1) is 0 Å². The van der Waals surface area contributed by atoms with Gasteiger partial charge in [0, 0.05) is 11.1 Å². The van der Waals surface area contributed by atoms with Crippen molar-refractivity contribution in [3.8, 4) is 0 Å². The zero-order valence-electron chi connectivity index (χ0n) is 11.6. The first-order chi connectivity index (χ1) is 9.30. The maximum absolute atomic E-state index is 13.5. The molecule has 0 radical (unpaired) electrons. The number of nitrogens with one attached hydrogen (secondary N) is 2. The van der Waals surface area contributed by atoms with Crippen LogP contribution < -0.4 is 10.0 Å². The monoisotopic (exact) mass is 322 g/mol. The maximum atomic E-state index is 13.5. The van der Waals surface area contributed by atoms with Gasteiger partial charge in [0.1, 0.15) is 5.82 Å². The van der Waals surface area contributed by atoms with E-state index in [1.165, 1.54) is 12.1 Å². The lowest BCUT2D eigenvalue weighted by molar-refractivity contribution is 0.560. The number of hydrogen-bond acceptors (Lipinski definition) is 3. The summed E-state index contributed by atoms with van der Waals surface area (Å²) in [7, 11) is -3.53. The van der Waals surface area contributed by atoms with Gasteiger partial charge >= 0.3 is 0 Å². The molecule has 0 aliphatic heterocycles. The summed E-state index contributed by atoms with van der Waals surface area (Å²) in [6, 6.07) is 4.21. The zero-order valence-corrected chi connectivity index (χ0v) is 13.2. The average molecular weight is 323 g/mol. The van der Waals surface area contributed by atoms with Gasteiger partial charge in [-0.2, -0.15) is 0 Å². The number of anilines is 1. The van der Waals surface area contributed by atoms with E-state index in [0.29, 0.717) is 12.5 Å². The third-order valence-corrected chi connectivity index (χ3v) is 4.18. The molecule has 0 aliphatic rings. The molecule has 0 bridgehead atoms. The van der Waals surface area contributed by atoms with E-state index < -0.39 is 15.8 Å². The first kappa shape index (κ1) is 17.2. The van der Waals surface area contributed by atoms with Gasteiger partial charge in [0.15, 0.2) is 0 Å². The Morgan fingerprint density at radius 3 is 2.60 bits per heavy atom. The molecule has 0 saturated heterocycles. The summed E-state index contributed by atoms with van der Waals surface area (Å²) >= 11 is 5.61. The lowest BCUT2D eigenvalue weighted by Gasteiger charge is -2.10. The van der Waals surface area contributed by atoms with E-state index in [0.717, 1.165) is 19.0 Å². The lowest BCUT2D eigenvalue weighted by atomic mass is 10.3. The van der Waals surface area contributed by atoms with Crippen LogP contribution in [0, 0.1) is 5.82 Å². The van der Waals surface area contributed by atoms with E-state index in [1.54, 1.807) is 0 Å². The van der Waals surface area contributed by atoms with E-state index in [2.05, 4.69) is 10.0 Å². The molecule has 0 fully saturated rings. The molecule has 4 nitrogen and oxygen atoms in total. The molecule has 2 N–H and O–H groups in total. The second kappa shape index (κ2) is 7.81. The number of rotatable bonds is 8. The first-order valence-electron chi connectivity index (χ1n) is 6.49. The third kappa shape index (κ3) is 6.54. The average Bonchev–Trinajstić information content (AvgIpc) is 2.32. The predicted molar refractivity (Wildman–Crippen MR) is 81.2 cm³/mol. The van der Waals surface area contributed by atoms with E-state index in [1.807, 2.05) is 13.8 Å². The summed E-state index contributed by atoms with van der Waals surface area (Å²) in [6.07, 6.45) is 1.27. The molecular formula is C13H20ClFN2O2S. The Bertz CT molecular complexity index is 535. The van der Waals surface area contributed by atoms with Crippen LogP contribution >= 0.6 is 11.6 Å². The number of hydrogen-bond donors (Lipinski definition) is 2. The summed E-state index contributed by atoms with van der Waals surface area (Å²) in [4.78, 5) is 0. The van der Waals surface area contributed by atoms with Crippen molar-refractivity contribution < 1.29 is 12.8 Å². The molecule has 0 atom stereocenters. The minimum absolute atomic E-state index is 0.0329. The summed E-state index contributed by atoms with van der Waals surface area (Å²) in [5.41, 5.74) is -0.0743. The molecular weight excluding hydrogens is 303 g/mol. The Kier molecular flexibility index (Phi) is 6.71. The molecule has 114 valence electrons. The molecule has 7 heteroatoms. The second-order valence-corrected chi connectivity index (χ2v) is 7.14. The minimum atomic E-state index is -3.53. The Hall–Kier alpha value is -0.850. The smallest absolute Gasteiger partial charge is 0.232 e. The van der Waals surface area contributed by atoms with Crippen molar-refractivity contribution in [3.05, 3.63) is 29.0 Å². The summed E-state index contributed by atoms with van der Waals surface area (Å²) in [5, 5.41) is 3.43. The van der Waals surface area contributed by atoms with Gasteiger partial charge in [-0.3, -0.25) is 4.72 Å². The van der Waals surface area contributed by atoms with Crippen molar-refractivity contribution in [2.24, 2.45) is 0 Å². The number of halogens is 2. The van der Waals surface area contributed by atoms with Gasteiger partial charge in [-0.05, 0) is 37.6 Å². The molecule has 1 rings (SSSR count). The molecule has 0 aromatic heterocycles. The second-order valence-electron chi connectivity index (χ2n) is 4.86. The van der Waals surface area contributed by atoms with Crippen LogP contribution in [-0.4, -0.2) is 26.8 Å². The van der Waals surface area contributed by atoms with E-state index in [-0.39, 0.29) is 16.5 Å². The molecule has 0 aliphatic carbocycles. The molecule has 0 saturated carbocycles. The van der Waals surface area contributed by atoms with Crippen molar-refractivity contribution in [1.82, 2.24) is 5.32 Å². The maximum Gasteiger partial charge on any atom is 0.232 e. The quantitative estimate of drug-likeness (QED) is 0.723. The Morgan fingerprint density at radius 1 is 1.30 bits per heavy atom. The van der Waals surface area contributed by atoms with Crippen LogP contribution in [0.3, 0.4) is 0 Å². The van der Waals surface area contributed by atoms with Crippen LogP contribution in [0.15, 0.2) is 18.2 Å². The van der Waals surface area contributed by atoms with Crippen LogP contribution in [0.25, 0.3) is 0 Å². The highest BCUT2D eigenvalue weighted by atomic mass is 35.5. The Balaban J connectivity index is 2.45. The Labute approximate surface area is 124 Å². The van der Waals surface area contributed by atoms with E-state index in [4.69, 9.17) is 11.6 Å². The van der Waals surface area contributed by atoms with Crippen LogP contribution in [0.4, 0.5) is 10.1 Å². The molecule has 1 aromatic rings. The van der Waals surface area contributed by atoms with E-state index >= 15 is 0 Å². The van der Waals surface area contributed by atoms with Crippen LogP contribution in [-0.2, 0) is 10.0 Å². The largest absolute Gasteiger partial charge is 0.315 e. The summed E-state index contributed by atoms with van der Waals surface area (Å²) < 4.78 is 39.3. The van der Waals surface area contributed by atoms with Gasteiger partial charge in [0.05, 0.1) is 11.4 Å². The molecule has 1 aromatic carbocycles. The molecule has 0 spiro atoms. The highest BCUT2D eigenvalue weighted by Crippen LogP contribution is 2.20. The molecule has 0 amide bonds. The van der Waals surface area contributed by atoms with Crippen molar-refractivity contribution in [1.29, 1.82) is 0 Å². The van der Waals surface area contributed by atoms with Gasteiger partial charge in [-0.1, -0.05) is 25.4 Å². The van der Waals surface area contributed by atoms with Gasteiger partial charge in [0.2, 0.25) is 10.0 Å². The van der Waals surface area contributed by atoms with Crippen molar-refractivity contribution in [2.45, 2.75) is 32.7 Å². The number of unbranched alkanes of at least 4 members (excludes halogenated alkanes) is 1. The van der Waals surface area contributed by atoms with Crippen LogP contribution in [0.5, 0.6) is 0 Å².